The summed E-state index contributed by atoms with van der Waals surface area (Å²) in [4.78, 5) is 0. The second-order valence-electron chi connectivity index (χ2n) is 3.47. The van der Waals surface area contributed by atoms with Gasteiger partial charge in [-0.15, -0.1) is 0 Å². The average Bonchev–Trinajstić information content (AvgIpc) is 2.11. The minimum absolute atomic E-state index is 0.248. The van der Waals surface area contributed by atoms with Gasteiger partial charge < -0.3 is 9.84 Å². The number of ether oxygens (including phenoxy) is 1. The summed E-state index contributed by atoms with van der Waals surface area (Å²) in [5, 5.41) is 9.21. The fourth-order valence-corrected chi connectivity index (χ4v) is 1.00. The smallest absolute Gasteiger partial charge is 0.126 e. The highest BCUT2D eigenvalue weighted by atomic mass is 19.1. The van der Waals surface area contributed by atoms with E-state index in [4.69, 9.17) is 4.74 Å². The molecule has 1 N–H and O–H groups in total. The van der Waals surface area contributed by atoms with E-state index in [1.165, 1.54) is 6.07 Å². The van der Waals surface area contributed by atoms with E-state index >= 15 is 0 Å². The van der Waals surface area contributed by atoms with Gasteiger partial charge in [0.2, 0.25) is 0 Å². The Morgan fingerprint density at radius 2 is 2.00 bits per heavy atom. The Kier molecular flexibility index (Phi) is 3.47. The van der Waals surface area contributed by atoms with Crippen molar-refractivity contribution < 1.29 is 14.2 Å². The highest BCUT2D eigenvalue weighted by molar-refractivity contribution is 5.29. The van der Waals surface area contributed by atoms with E-state index in [-0.39, 0.29) is 11.9 Å². The van der Waals surface area contributed by atoms with Crippen molar-refractivity contribution in [2.24, 2.45) is 0 Å². The van der Waals surface area contributed by atoms with E-state index in [0.29, 0.717) is 11.3 Å². The van der Waals surface area contributed by atoms with Crippen molar-refractivity contribution in [2.75, 3.05) is 0 Å². The third-order valence-electron chi connectivity index (χ3n) is 2.13. The normalized spacial score (nSPS) is 14.9. The fraction of sp³-hybridized carbons (Fsp3) is 0.455. The quantitative estimate of drug-likeness (QED) is 0.807. The number of aliphatic hydroxyl groups excluding tert-OH is 1. The standard InChI is InChI=1S/C11H15FO2/c1-7-6-10(4-5-11(7)12)14-9(3)8(2)13/h4-6,8-9,13H,1-3H3/t8-,9?/m0/s1. The highest BCUT2D eigenvalue weighted by Gasteiger charge is 2.10. The van der Waals surface area contributed by atoms with Gasteiger partial charge in [0, 0.05) is 0 Å². The number of hydrogen-bond acceptors (Lipinski definition) is 2. The molecule has 0 aliphatic carbocycles. The molecule has 0 aromatic heterocycles. The maximum Gasteiger partial charge on any atom is 0.126 e. The van der Waals surface area contributed by atoms with E-state index in [0.717, 1.165) is 0 Å². The topological polar surface area (TPSA) is 29.5 Å². The zero-order chi connectivity index (χ0) is 10.7. The molecule has 0 radical (unpaired) electrons. The first-order valence-corrected chi connectivity index (χ1v) is 4.61. The molecule has 0 spiro atoms. The number of benzene rings is 1. The van der Waals surface area contributed by atoms with Crippen LogP contribution in [0.25, 0.3) is 0 Å². The lowest BCUT2D eigenvalue weighted by Crippen LogP contribution is -2.25. The number of aliphatic hydroxyl groups is 1. The summed E-state index contributed by atoms with van der Waals surface area (Å²) in [7, 11) is 0. The number of aryl methyl sites for hydroxylation is 1. The Balaban J connectivity index is 2.73. The molecule has 78 valence electrons. The van der Waals surface area contributed by atoms with Crippen molar-refractivity contribution in [2.45, 2.75) is 33.0 Å². The Morgan fingerprint density at radius 1 is 1.36 bits per heavy atom. The number of rotatable bonds is 3. The molecule has 0 saturated carbocycles. The first kappa shape index (κ1) is 11.0. The van der Waals surface area contributed by atoms with Crippen LogP contribution in [0, 0.1) is 12.7 Å². The van der Waals surface area contributed by atoms with Gasteiger partial charge in [-0.25, -0.2) is 4.39 Å². The molecular weight excluding hydrogens is 183 g/mol. The third-order valence-corrected chi connectivity index (χ3v) is 2.13. The van der Waals surface area contributed by atoms with Gasteiger partial charge in [0.05, 0.1) is 6.10 Å². The summed E-state index contributed by atoms with van der Waals surface area (Å²) in [5.74, 6) is 0.333. The van der Waals surface area contributed by atoms with Gasteiger partial charge in [0.15, 0.2) is 0 Å². The molecule has 1 aromatic carbocycles. The van der Waals surface area contributed by atoms with Crippen LogP contribution in [0.3, 0.4) is 0 Å². The van der Waals surface area contributed by atoms with E-state index in [1.807, 2.05) is 0 Å². The van der Waals surface area contributed by atoms with Crippen molar-refractivity contribution in [1.82, 2.24) is 0 Å². The van der Waals surface area contributed by atoms with E-state index in [2.05, 4.69) is 0 Å². The van der Waals surface area contributed by atoms with Crippen LogP contribution in [0.4, 0.5) is 4.39 Å². The van der Waals surface area contributed by atoms with Crippen LogP contribution in [0.5, 0.6) is 5.75 Å². The Hall–Kier alpha value is -1.09. The first-order chi connectivity index (χ1) is 6.50. The summed E-state index contributed by atoms with van der Waals surface area (Å²) < 4.78 is 18.3. The summed E-state index contributed by atoms with van der Waals surface area (Å²) >= 11 is 0. The monoisotopic (exact) mass is 198 g/mol. The second-order valence-corrected chi connectivity index (χ2v) is 3.47. The molecular formula is C11H15FO2. The molecule has 1 unspecified atom stereocenters. The molecule has 0 heterocycles. The molecule has 14 heavy (non-hydrogen) atoms. The minimum atomic E-state index is -0.541. The SMILES string of the molecule is Cc1cc(OC(C)[C@H](C)O)ccc1F. The predicted octanol–water partition coefficient (Wildman–Crippen LogP) is 2.28. The second kappa shape index (κ2) is 4.42. The lowest BCUT2D eigenvalue weighted by Gasteiger charge is -2.17. The molecule has 0 aliphatic rings. The van der Waals surface area contributed by atoms with Crippen molar-refractivity contribution >= 4 is 0 Å². The van der Waals surface area contributed by atoms with Gasteiger partial charge in [-0.3, -0.25) is 0 Å². The molecule has 2 nitrogen and oxygen atoms in total. The lowest BCUT2D eigenvalue weighted by atomic mass is 10.2. The molecule has 1 aromatic rings. The Morgan fingerprint density at radius 3 is 2.50 bits per heavy atom. The number of halogens is 1. The Bertz CT molecular complexity index is 310. The van der Waals surface area contributed by atoms with E-state index in [1.54, 1.807) is 32.9 Å². The van der Waals surface area contributed by atoms with Gasteiger partial charge in [-0.2, -0.15) is 0 Å². The molecule has 0 amide bonds. The van der Waals surface area contributed by atoms with Gasteiger partial charge >= 0.3 is 0 Å². The van der Waals surface area contributed by atoms with Crippen molar-refractivity contribution in [3.8, 4) is 5.75 Å². The highest BCUT2D eigenvalue weighted by Crippen LogP contribution is 2.17. The van der Waals surface area contributed by atoms with Crippen LogP contribution in [0.2, 0.25) is 0 Å². The van der Waals surface area contributed by atoms with Crippen LogP contribution >= 0.6 is 0 Å². The summed E-state index contributed by atoms with van der Waals surface area (Å²) in [6.45, 7) is 5.10. The molecule has 0 saturated heterocycles. The fourth-order valence-electron chi connectivity index (χ4n) is 1.00. The maximum atomic E-state index is 12.9. The maximum absolute atomic E-state index is 12.9. The predicted molar refractivity (Wildman–Crippen MR) is 52.9 cm³/mol. The van der Waals surface area contributed by atoms with Crippen LogP contribution in [0.15, 0.2) is 18.2 Å². The van der Waals surface area contributed by atoms with Crippen LogP contribution in [0.1, 0.15) is 19.4 Å². The molecule has 3 heteroatoms. The minimum Gasteiger partial charge on any atom is -0.488 e. The zero-order valence-corrected chi connectivity index (χ0v) is 8.62. The molecule has 0 fully saturated rings. The Labute approximate surface area is 83.3 Å². The van der Waals surface area contributed by atoms with Gasteiger partial charge in [-0.05, 0) is 44.5 Å². The molecule has 2 atom stereocenters. The van der Waals surface area contributed by atoms with Gasteiger partial charge in [-0.1, -0.05) is 0 Å². The van der Waals surface area contributed by atoms with Crippen LogP contribution in [-0.2, 0) is 0 Å². The summed E-state index contributed by atoms with van der Waals surface area (Å²) in [5.41, 5.74) is 0.542. The lowest BCUT2D eigenvalue weighted by molar-refractivity contribution is 0.0603. The molecule has 0 bridgehead atoms. The van der Waals surface area contributed by atoms with Gasteiger partial charge in [0.1, 0.15) is 17.7 Å². The van der Waals surface area contributed by atoms with Gasteiger partial charge in [0.25, 0.3) is 0 Å². The van der Waals surface area contributed by atoms with E-state index < -0.39 is 6.10 Å². The summed E-state index contributed by atoms with van der Waals surface area (Å²) in [6, 6.07) is 4.54. The van der Waals surface area contributed by atoms with E-state index in [9.17, 15) is 9.50 Å². The van der Waals surface area contributed by atoms with Crippen LogP contribution < -0.4 is 4.74 Å². The van der Waals surface area contributed by atoms with Crippen molar-refractivity contribution in [3.05, 3.63) is 29.6 Å². The van der Waals surface area contributed by atoms with Crippen LogP contribution in [-0.4, -0.2) is 17.3 Å². The first-order valence-electron chi connectivity index (χ1n) is 4.61. The van der Waals surface area contributed by atoms with Crippen molar-refractivity contribution in [3.63, 3.8) is 0 Å². The third kappa shape index (κ3) is 2.70. The molecule has 1 rings (SSSR count). The van der Waals surface area contributed by atoms with Crippen molar-refractivity contribution in [1.29, 1.82) is 0 Å². The average molecular weight is 198 g/mol. The molecule has 0 aliphatic heterocycles. The number of hydrogen-bond donors (Lipinski definition) is 1. The summed E-state index contributed by atoms with van der Waals surface area (Å²) in [6.07, 6.45) is -0.833. The largest absolute Gasteiger partial charge is 0.488 e. The zero-order valence-electron chi connectivity index (χ0n) is 8.62.